The highest BCUT2D eigenvalue weighted by atomic mass is 15.3. The van der Waals surface area contributed by atoms with Gasteiger partial charge in [0.15, 0.2) is 0 Å². The smallest absolute Gasteiger partial charge is 0.0155 e. The number of benzene rings is 1. The fraction of sp³-hybridized carbons (Fsp3) is 0.700. The van der Waals surface area contributed by atoms with E-state index >= 15 is 0 Å². The molecule has 2 aliphatic rings. The van der Waals surface area contributed by atoms with Crippen molar-refractivity contribution < 1.29 is 0 Å². The van der Waals surface area contributed by atoms with Crippen LogP contribution in [-0.2, 0) is 12.8 Å². The number of hydrogen-bond acceptors (Lipinski definition) is 1. The third-order valence-corrected chi connectivity index (χ3v) is 5.62. The Kier molecular flexibility index (Phi) is 3.30. The molecule has 1 aromatic rings. The Morgan fingerprint density at radius 3 is 1.86 bits per heavy atom. The molecule has 0 aromatic heterocycles. The second-order valence-electron chi connectivity index (χ2n) is 9.51. The highest BCUT2D eigenvalue weighted by molar-refractivity contribution is 5.35. The van der Waals surface area contributed by atoms with Gasteiger partial charge in [0.25, 0.3) is 0 Å². The summed E-state index contributed by atoms with van der Waals surface area (Å²) >= 11 is 0. The summed E-state index contributed by atoms with van der Waals surface area (Å²) in [5.74, 6) is 0. The maximum Gasteiger partial charge on any atom is 0.0155 e. The molecule has 1 aromatic carbocycles. The lowest BCUT2D eigenvalue weighted by Crippen LogP contribution is -2.49. The van der Waals surface area contributed by atoms with Crippen molar-refractivity contribution in [2.24, 2.45) is 10.8 Å². The monoisotopic (exact) mass is 285 g/mol. The third-order valence-electron chi connectivity index (χ3n) is 5.62. The highest BCUT2D eigenvalue weighted by Gasteiger charge is 2.52. The summed E-state index contributed by atoms with van der Waals surface area (Å²) in [5.41, 5.74) is 4.29. The molecule has 116 valence electrons. The molecular formula is C20H31N. The first-order chi connectivity index (χ1) is 9.61. The van der Waals surface area contributed by atoms with Crippen molar-refractivity contribution in [2.45, 2.75) is 72.4 Å². The lowest BCUT2D eigenvalue weighted by atomic mass is 9.76. The second kappa shape index (κ2) is 4.59. The predicted octanol–water partition coefficient (Wildman–Crippen LogP) is 4.69. The molecule has 1 spiro atoms. The SMILES string of the molecule is CC(C)(C)[C@@H]1CC2(Cc3ccccc3C2)CN1C(C)(C)C. The zero-order valence-corrected chi connectivity index (χ0v) is 14.7. The maximum absolute atomic E-state index is 2.79. The van der Waals surface area contributed by atoms with Gasteiger partial charge in [0.05, 0.1) is 0 Å². The summed E-state index contributed by atoms with van der Waals surface area (Å²) in [6.45, 7) is 15.6. The van der Waals surface area contributed by atoms with Crippen molar-refractivity contribution in [1.29, 1.82) is 0 Å². The number of rotatable bonds is 0. The molecule has 1 atom stereocenters. The summed E-state index contributed by atoms with van der Waals surface area (Å²) in [6.07, 6.45) is 3.91. The quantitative estimate of drug-likeness (QED) is 0.668. The van der Waals surface area contributed by atoms with Gasteiger partial charge in [-0.3, -0.25) is 4.90 Å². The first-order valence-corrected chi connectivity index (χ1v) is 8.44. The van der Waals surface area contributed by atoms with Crippen molar-refractivity contribution in [3.63, 3.8) is 0 Å². The van der Waals surface area contributed by atoms with Crippen LogP contribution >= 0.6 is 0 Å². The largest absolute Gasteiger partial charge is 0.294 e. The Hall–Kier alpha value is -0.820. The molecule has 0 unspecified atom stereocenters. The van der Waals surface area contributed by atoms with Gasteiger partial charge in [0.1, 0.15) is 0 Å². The van der Waals surface area contributed by atoms with Crippen molar-refractivity contribution in [3.05, 3.63) is 35.4 Å². The molecule has 0 N–H and O–H groups in total. The van der Waals surface area contributed by atoms with Crippen LogP contribution in [0, 0.1) is 10.8 Å². The van der Waals surface area contributed by atoms with Crippen LogP contribution in [0.3, 0.4) is 0 Å². The molecule has 1 heterocycles. The van der Waals surface area contributed by atoms with E-state index in [1.807, 2.05) is 0 Å². The van der Waals surface area contributed by atoms with Gasteiger partial charge in [-0.15, -0.1) is 0 Å². The molecule has 1 nitrogen and oxygen atoms in total. The average Bonchev–Trinajstić information content (AvgIpc) is 2.88. The molecule has 0 saturated carbocycles. The third kappa shape index (κ3) is 2.65. The van der Waals surface area contributed by atoms with Crippen LogP contribution in [0.4, 0.5) is 0 Å². The Morgan fingerprint density at radius 2 is 1.48 bits per heavy atom. The van der Waals surface area contributed by atoms with Gasteiger partial charge in [-0.2, -0.15) is 0 Å². The topological polar surface area (TPSA) is 3.24 Å². The second-order valence-corrected chi connectivity index (χ2v) is 9.51. The van der Waals surface area contributed by atoms with Gasteiger partial charge in [0.2, 0.25) is 0 Å². The van der Waals surface area contributed by atoms with Crippen molar-refractivity contribution in [2.75, 3.05) is 6.54 Å². The van der Waals surface area contributed by atoms with Crippen LogP contribution < -0.4 is 0 Å². The van der Waals surface area contributed by atoms with Gasteiger partial charge >= 0.3 is 0 Å². The highest BCUT2D eigenvalue weighted by Crippen LogP contribution is 2.51. The van der Waals surface area contributed by atoms with Crippen molar-refractivity contribution in [3.8, 4) is 0 Å². The van der Waals surface area contributed by atoms with Gasteiger partial charge in [-0.25, -0.2) is 0 Å². The van der Waals surface area contributed by atoms with Gasteiger partial charge in [-0.1, -0.05) is 45.0 Å². The van der Waals surface area contributed by atoms with E-state index < -0.39 is 0 Å². The molecule has 1 aliphatic carbocycles. The minimum Gasteiger partial charge on any atom is -0.294 e. The molecule has 0 radical (unpaired) electrons. The van der Waals surface area contributed by atoms with E-state index in [0.29, 0.717) is 16.9 Å². The van der Waals surface area contributed by atoms with E-state index in [-0.39, 0.29) is 5.54 Å². The van der Waals surface area contributed by atoms with Crippen LogP contribution in [0.5, 0.6) is 0 Å². The molecule has 1 fully saturated rings. The number of fused-ring (bicyclic) bond motifs is 1. The Morgan fingerprint density at radius 1 is 0.952 bits per heavy atom. The lowest BCUT2D eigenvalue weighted by molar-refractivity contribution is 0.0558. The molecule has 21 heavy (non-hydrogen) atoms. The van der Waals surface area contributed by atoms with Crippen molar-refractivity contribution in [1.82, 2.24) is 4.90 Å². The van der Waals surface area contributed by atoms with Crippen LogP contribution in [0.1, 0.15) is 59.1 Å². The molecule has 3 rings (SSSR count). The fourth-order valence-corrected chi connectivity index (χ4v) is 4.56. The zero-order chi connectivity index (χ0) is 15.5. The molecule has 1 aliphatic heterocycles. The minimum absolute atomic E-state index is 0.260. The van der Waals surface area contributed by atoms with Crippen LogP contribution in [0.25, 0.3) is 0 Å². The van der Waals surface area contributed by atoms with Crippen molar-refractivity contribution >= 4 is 0 Å². The van der Waals surface area contributed by atoms with Gasteiger partial charge in [0, 0.05) is 18.1 Å². The van der Waals surface area contributed by atoms with Crippen LogP contribution in [-0.4, -0.2) is 23.0 Å². The van der Waals surface area contributed by atoms with E-state index in [1.54, 1.807) is 11.1 Å². The summed E-state index contributed by atoms with van der Waals surface area (Å²) in [7, 11) is 0. The Balaban J connectivity index is 1.91. The molecule has 0 bridgehead atoms. The van der Waals surface area contributed by atoms with E-state index in [2.05, 4.69) is 70.7 Å². The first-order valence-electron chi connectivity index (χ1n) is 8.44. The summed E-state index contributed by atoms with van der Waals surface area (Å²) in [5, 5.41) is 0. The summed E-state index contributed by atoms with van der Waals surface area (Å²) < 4.78 is 0. The van der Waals surface area contributed by atoms with E-state index in [1.165, 1.54) is 25.8 Å². The number of hydrogen-bond donors (Lipinski definition) is 0. The normalized spacial score (nSPS) is 25.5. The van der Waals surface area contributed by atoms with E-state index in [4.69, 9.17) is 0 Å². The predicted molar refractivity (Wildman–Crippen MR) is 90.6 cm³/mol. The zero-order valence-electron chi connectivity index (χ0n) is 14.7. The minimum atomic E-state index is 0.260. The molecule has 1 saturated heterocycles. The Labute approximate surface area is 130 Å². The van der Waals surface area contributed by atoms with Crippen LogP contribution in [0.2, 0.25) is 0 Å². The van der Waals surface area contributed by atoms with E-state index in [0.717, 1.165) is 0 Å². The lowest BCUT2D eigenvalue weighted by Gasteiger charge is -2.43. The molecule has 1 heteroatoms. The first kappa shape index (κ1) is 15.1. The van der Waals surface area contributed by atoms with Gasteiger partial charge in [-0.05, 0) is 62.0 Å². The number of nitrogens with zero attached hydrogens (tertiary/aromatic N) is 1. The molecular weight excluding hydrogens is 254 g/mol. The number of likely N-dealkylation sites (tertiary alicyclic amines) is 1. The molecule has 0 amide bonds. The summed E-state index contributed by atoms with van der Waals surface area (Å²) in [6, 6.07) is 9.78. The standard InChI is InChI=1S/C20H31N/c1-18(2,3)17-13-20(14-21(17)19(4,5)6)11-15-9-7-8-10-16(15)12-20/h7-10,17H,11-14H2,1-6H3/t17-/m0/s1. The maximum atomic E-state index is 2.79. The Bertz CT molecular complexity index is 481. The van der Waals surface area contributed by atoms with Crippen LogP contribution in [0.15, 0.2) is 24.3 Å². The fourth-order valence-electron chi connectivity index (χ4n) is 4.56. The van der Waals surface area contributed by atoms with E-state index in [9.17, 15) is 0 Å². The van der Waals surface area contributed by atoms with Gasteiger partial charge < -0.3 is 0 Å². The summed E-state index contributed by atoms with van der Waals surface area (Å²) in [4.78, 5) is 2.79. The average molecular weight is 285 g/mol.